The lowest BCUT2D eigenvalue weighted by atomic mass is 9.87. The van der Waals surface area contributed by atoms with E-state index in [4.69, 9.17) is 19.4 Å². The van der Waals surface area contributed by atoms with Crippen LogP contribution in [0.1, 0.15) is 76.4 Å². The first-order valence-corrected chi connectivity index (χ1v) is 23.5. The maximum atomic E-state index is 13.2. The average molecular weight is 869 g/mol. The van der Waals surface area contributed by atoms with Gasteiger partial charge in [-0.2, -0.15) is 0 Å². The largest absolute Gasteiger partial charge is 0.388 e. The van der Waals surface area contributed by atoms with Gasteiger partial charge in [0.2, 0.25) is 0 Å². The summed E-state index contributed by atoms with van der Waals surface area (Å²) in [5, 5.41) is 3.22. The summed E-state index contributed by atoms with van der Waals surface area (Å²) < 4.78 is 43.6. The molecule has 2 aliphatic rings. The topological polar surface area (TPSA) is 129 Å². The Morgan fingerprint density at radius 2 is 1.13 bits per heavy atom. The van der Waals surface area contributed by atoms with Crippen LogP contribution in [0.4, 0.5) is 11.4 Å². The number of hydrogen-bond acceptors (Lipinski definition) is 9. The fraction of sp³-hybridized carbons (Fsp3) is 0.400. The third-order valence-corrected chi connectivity index (χ3v) is 14.6. The van der Waals surface area contributed by atoms with Gasteiger partial charge in [0.1, 0.15) is 11.6 Å². The average Bonchev–Trinajstić information content (AvgIpc) is 3.88. The lowest BCUT2D eigenvalue weighted by molar-refractivity contribution is 0.0610. The summed E-state index contributed by atoms with van der Waals surface area (Å²) in [6, 6.07) is 32.7. The molecule has 4 aromatic heterocycles. The van der Waals surface area contributed by atoms with E-state index in [0.29, 0.717) is 17.5 Å². The second-order valence-corrected chi connectivity index (χ2v) is 19.8. The van der Waals surface area contributed by atoms with Gasteiger partial charge in [0.15, 0.2) is 0 Å². The second-order valence-electron chi connectivity index (χ2n) is 17.8. The van der Waals surface area contributed by atoms with Crippen molar-refractivity contribution >= 4 is 43.5 Å². The maximum absolute atomic E-state index is 13.2. The number of nitrogens with zero attached hydrogens (tertiary/aromatic N) is 7. The number of sulfonamides is 1. The predicted molar refractivity (Wildman–Crippen MR) is 251 cm³/mol. The molecule has 0 spiro atoms. The molecular formula is C50H60N8O4S. The Balaban J connectivity index is 0.000000180. The molecule has 0 atom stereocenters. The van der Waals surface area contributed by atoms with Gasteiger partial charge in [-0.1, -0.05) is 30.3 Å². The van der Waals surface area contributed by atoms with Crippen LogP contribution < -0.4 is 9.62 Å². The third-order valence-electron chi connectivity index (χ3n) is 12.8. The summed E-state index contributed by atoms with van der Waals surface area (Å²) >= 11 is 0. The van der Waals surface area contributed by atoms with Crippen LogP contribution in [-0.2, 0) is 43.4 Å². The van der Waals surface area contributed by atoms with Crippen molar-refractivity contribution in [2.24, 2.45) is 11.8 Å². The van der Waals surface area contributed by atoms with Gasteiger partial charge in [-0.05, 0) is 138 Å². The molecule has 0 unspecified atom stereocenters. The second kappa shape index (κ2) is 18.6. The Morgan fingerprint density at radius 3 is 1.60 bits per heavy atom. The van der Waals surface area contributed by atoms with E-state index >= 15 is 0 Å². The summed E-state index contributed by atoms with van der Waals surface area (Å²) in [4.78, 5) is 19.7. The van der Waals surface area contributed by atoms with Crippen LogP contribution in [0, 0.1) is 11.8 Å². The predicted octanol–water partition coefficient (Wildman–Crippen LogP) is 9.23. The van der Waals surface area contributed by atoms with Crippen LogP contribution in [0.2, 0.25) is 0 Å². The molecule has 7 aromatic rings. The smallest absolute Gasteiger partial charge is 0.264 e. The summed E-state index contributed by atoms with van der Waals surface area (Å²) in [6.45, 7) is 13.8. The zero-order chi connectivity index (χ0) is 44.2. The van der Waals surface area contributed by atoms with Crippen molar-refractivity contribution in [3.63, 3.8) is 0 Å². The molecule has 0 saturated carbocycles. The standard InChI is InChI=1S/C28H32N4O3S.C22H28N4O/c1-28(2,26-11-7-8-16-29-26)27-30-24-19-22(31(3)36(33,34)23-9-5-4-6-10-23)12-13-25(24)32(27)20-21-14-17-35-18-15-21;1-22(2,20-6-4-5-11-24-20)21-25-18-14-17(23-3)7-8-19(18)26(21)15-16-9-12-27-13-10-16/h4-13,16,19,21H,14-15,17-18,20H2,1-3H3;4-8,11,14,16,23H,9-10,12-13,15H2,1-3H3. The molecule has 0 amide bonds. The van der Waals surface area contributed by atoms with Crippen molar-refractivity contribution in [1.29, 1.82) is 0 Å². The van der Waals surface area contributed by atoms with Crippen LogP contribution in [-0.4, -0.2) is 78.0 Å². The Hall–Kier alpha value is -5.63. The fourth-order valence-electron chi connectivity index (χ4n) is 8.88. The molecule has 2 fully saturated rings. The van der Waals surface area contributed by atoms with Crippen LogP contribution in [0.5, 0.6) is 0 Å². The number of pyridine rings is 2. The van der Waals surface area contributed by atoms with Crippen molar-refractivity contribution in [3.05, 3.63) is 139 Å². The highest BCUT2D eigenvalue weighted by molar-refractivity contribution is 7.92. The molecule has 63 heavy (non-hydrogen) atoms. The fourth-order valence-corrected chi connectivity index (χ4v) is 10.1. The molecule has 0 radical (unpaired) electrons. The van der Waals surface area contributed by atoms with E-state index < -0.39 is 15.4 Å². The minimum atomic E-state index is -3.68. The molecule has 0 bridgehead atoms. The number of rotatable bonds is 12. The van der Waals surface area contributed by atoms with Crippen molar-refractivity contribution in [3.8, 4) is 0 Å². The summed E-state index contributed by atoms with van der Waals surface area (Å²) in [5.41, 5.74) is 6.93. The van der Waals surface area contributed by atoms with Crippen LogP contribution in [0.15, 0.2) is 120 Å². The minimum absolute atomic E-state index is 0.259. The highest BCUT2D eigenvalue weighted by Gasteiger charge is 2.34. The van der Waals surface area contributed by atoms with Crippen LogP contribution >= 0.6 is 0 Å². The number of aromatic nitrogens is 6. The van der Waals surface area contributed by atoms with Crippen molar-refractivity contribution in [2.75, 3.05) is 50.1 Å². The van der Waals surface area contributed by atoms with Crippen LogP contribution in [0.25, 0.3) is 22.1 Å². The first-order chi connectivity index (χ1) is 30.4. The SMILES string of the molecule is CN(c1ccc2c(c1)nc(C(C)(C)c1ccccn1)n2CC1CCOCC1)S(=O)(=O)c1ccccc1.CNc1ccc2c(c1)nc(C(C)(C)c1ccccn1)n2CC1CCOCC1. The first-order valence-electron chi connectivity index (χ1n) is 22.1. The lowest BCUT2D eigenvalue weighted by Gasteiger charge is -2.28. The highest BCUT2D eigenvalue weighted by atomic mass is 32.2. The molecule has 12 nitrogen and oxygen atoms in total. The van der Waals surface area contributed by atoms with Gasteiger partial charge in [-0.15, -0.1) is 0 Å². The number of anilines is 2. The highest BCUT2D eigenvalue weighted by Crippen LogP contribution is 2.37. The first kappa shape index (κ1) is 44.0. The van der Waals surface area contributed by atoms with Crippen LogP contribution in [0.3, 0.4) is 0 Å². The molecule has 13 heteroatoms. The molecule has 330 valence electrons. The van der Waals surface area contributed by atoms with E-state index in [1.807, 2.05) is 61.9 Å². The van der Waals surface area contributed by atoms with Gasteiger partial charge in [0.05, 0.1) is 54.9 Å². The van der Waals surface area contributed by atoms with Crippen molar-refractivity contribution in [2.45, 2.75) is 82.2 Å². The summed E-state index contributed by atoms with van der Waals surface area (Å²) in [5.74, 6) is 3.12. The van der Waals surface area contributed by atoms with Gasteiger partial charge in [0.25, 0.3) is 10.0 Å². The van der Waals surface area contributed by atoms with E-state index in [1.54, 1.807) is 37.4 Å². The summed E-state index contributed by atoms with van der Waals surface area (Å²) in [6.07, 6.45) is 7.92. The van der Waals surface area contributed by atoms with Crippen molar-refractivity contribution < 1.29 is 17.9 Å². The Labute approximate surface area is 371 Å². The van der Waals surface area contributed by atoms with E-state index in [2.05, 4.69) is 82.4 Å². The zero-order valence-electron chi connectivity index (χ0n) is 37.4. The molecule has 1 N–H and O–H groups in total. The Bertz CT molecular complexity index is 2730. The number of hydrogen-bond donors (Lipinski definition) is 1. The quantitative estimate of drug-likeness (QED) is 0.128. The maximum Gasteiger partial charge on any atom is 0.264 e. The number of nitrogens with one attached hydrogen (secondary N) is 1. The molecule has 3 aromatic carbocycles. The van der Waals surface area contributed by atoms with E-state index in [-0.39, 0.29) is 10.3 Å². The number of ether oxygens (including phenoxy) is 2. The molecule has 9 rings (SSSR count). The summed E-state index contributed by atoms with van der Waals surface area (Å²) in [7, 11) is -0.155. The zero-order valence-corrected chi connectivity index (χ0v) is 38.2. The Kier molecular flexibility index (Phi) is 13.0. The van der Waals surface area contributed by atoms with Gasteiger partial charge >= 0.3 is 0 Å². The third kappa shape index (κ3) is 9.23. The normalized spacial score (nSPS) is 15.6. The number of fused-ring (bicyclic) bond motifs is 2. The van der Waals surface area contributed by atoms with E-state index in [1.165, 1.54) is 9.82 Å². The lowest BCUT2D eigenvalue weighted by Crippen LogP contribution is -2.28. The monoisotopic (exact) mass is 868 g/mol. The van der Waals surface area contributed by atoms with Gasteiger partial charge < -0.3 is 23.9 Å². The molecular weight excluding hydrogens is 809 g/mol. The van der Waals surface area contributed by atoms with Crippen molar-refractivity contribution in [1.82, 2.24) is 29.1 Å². The number of benzene rings is 3. The number of imidazole rings is 2. The Morgan fingerprint density at radius 1 is 0.651 bits per heavy atom. The molecule has 6 heterocycles. The van der Waals surface area contributed by atoms with E-state index in [9.17, 15) is 8.42 Å². The van der Waals surface area contributed by atoms with Gasteiger partial charge in [0, 0.05) is 71.7 Å². The minimum Gasteiger partial charge on any atom is -0.388 e. The van der Waals surface area contributed by atoms with Gasteiger partial charge in [-0.3, -0.25) is 14.3 Å². The van der Waals surface area contributed by atoms with Gasteiger partial charge in [-0.25, -0.2) is 18.4 Å². The molecule has 0 aliphatic carbocycles. The van der Waals surface area contributed by atoms with E-state index in [0.717, 1.165) is 110 Å². The molecule has 2 aliphatic heterocycles. The molecule has 2 saturated heterocycles.